The molecule has 1 N–H and O–H groups in total. The van der Waals surface area contributed by atoms with Crippen LogP contribution < -0.4 is 10.1 Å². The molecule has 0 aliphatic carbocycles. The van der Waals surface area contributed by atoms with E-state index in [4.69, 9.17) is 27.9 Å². The van der Waals surface area contributed by atoms with E-state index in [9.17, 15) is 9.18 Å². The molecule has 0 unspecified atom stereocenters. The zero-order valence-corrected chi connectivity index (χ0v) is 20.2. The van der Waals surface area contributed by atoms with Crippen molar-refractivity contribution in [2.75, 3.05) is 5.32 Å². The van der Waals surface area contributed by atoms with E-state index in [0.29, 0.717) is 37.2 Å². The molecule has 0 aliphatic heterocycles. The molecule has 4 aromatic rings. The average molecular weight is 549 g/mol. The Morgan fingerprint density at radius 3 is 2.67 bits per heavy atom. The number of aromatic nitrogens is 2. The Morgan fingerprint density at radius 1 is 1.09 bits per heavy atom. The van der Waals surface area contributed by atoms with Crippen LogP contribution in [0.4, 0.5) is 10.2 Å². The van der Waals surface area contributed by atoms with E-state index in [1.165, 1.54) is 10.7 Å². The molecule has 3 aromatic carbocycles. The molecule has 5 nitrogen and oxygen atoms in total. The van der Waals surface area contributed by atoms with Gasteiger partial charge in [0.15, 0.2) is 5.82 Å². The summed E-state index contributed by atoms with van der Waals surface area (Å²) in [4.78, 5) is 12.8. The first-order chi connectivity index (χ1) is 15.9. The highest BCUT2D eigenvalue weighted by atomic mass is 79.9. The highest BCUT2D eigenvalue weighted by molar-refractivity contribution is 9.10. The Hall–Kier alpha value is -2.87. The number of benzene rings is 3. The number of ether oxygens (including phenoxy) is 1. The zero-order valence-electron chi connectivity index (χ0n) is 17.1. The van der Waals surface area contributed by atoms with E-state index in [2.05, 4.69) is 26.3 Å². The van der Waals surface area contributed by atoms with Gasteiger partial charge in [-0.3, -0.25) is 9.48 Å². The zero-order chi connectivity index (χ0) is 23.4. The summed E-state index contributed by atoms with van der Waals surface area (Å²) >= 11 is 15.5. The summed E-state index contributed by atoms with van der Waals surface area (Å²) in [7, 11) is 0. The van der Waals surface area contributed by atoms with Crippen LogP contribution in [0.15, 0.2) is 77.4 Å². The first-order valence-electron chi connectivity index (χ1n) is 9.83. The molecule has 9 heteroatoms. The number of anilines is 1. The van der Waals surface area contributed by atoms with Crippen molar-refractivity contribution in [3.8, 4) is 5.75 Å². The smallest absolute Gasteiger partial charge is 0.256 e. The molecular weight excluding hydrogens is 532 g/mol. The fourth-order valence-corrected chi connectivity index (χ4v) is 3.93. The van der Waals surface area contributed by atoms with Crippen molar-refractivity contribution in [1.82, 2.24) is 9.78 Å². The number of hydrogen-bond acceptors (Lipinski definition) is 3. The molecule has 0 spiro atoms. The van der Waals surface area contributed by atoms with Crippen LogP contribution in [-0.4, -0.2) is 15.7 Å². The van der Waals surface area contributed by atoms with Crippen molar-refractivity contribution in [2.45, 2.75) is 13.2 Å². The predicted molar refractivity (Wildman–Crippen MR) is 131 cm³/mol. The van der Waals surface area contributed by atoms with Crippen molar-refractivity contribution in [3.05, 3.63) is 110 Å². The number of carbonyl (C=O) groups excluding carboxylic acids is 1. The van der Waals surface area contributed by atoms with Crippen molar-refractivity contribution < 1.29 is 13.9 Å². The van der Waals surface area contributed by atoms with Crippen molar-refractivity contribution in [3.63, 3.8) is 0 Å². The molecular formula is C24H17BrCl2FN3O2. The van der Waals surface area contributed by atoms with Crippen LogP contribution >= 0.6 is 39.1 Å². The van der Waals surface area contributed by atoms with Gasteiger partial charge in [0.2, 0.25) is 0 Å². The maximum absolute atomic E-state index is 14.1. The second kappa shape index (κ2) is 10.4. The first kappa shape index (κ1) is 23.3. The molecule has 0 fully saturated rings. The van der Waals surface area contributed by atoms with Gasteiger partial charge in [-0.1, -0.05) is 47.5 Å². The molecule has 0 bridgehead atoms. The monoisotopic (exact) mass is 547 g/mol. The fourth-order valence-electron chi connectivity index (χ4n) is 3.11. The third-order valence-corrected chi connectivity index (χ3v) is 5.89. The highest BCUT2D eigenvalue weighted by Crippen LogP contribution is 2.25. The van der Waals surface area contributed by atoms with Crippen LogP contribution in [0.25, 0.3) is 0 Å². The van der Waals surface area contributed by atoms with Gasteiger partial charge in [0.25, 0.3) is 5.91 Å². The van der Waals surface area contributed by atoms with Gasteiger partial charge in [-0.15, -0.1) is 0 Å². The number of halogens is 4. The molecule has 1 aromatic heterocycles. The van der Waals surface area contributed by atoms with Gasteiger partial charge < -0.3 is 10.1 Å². The Morgan fingerprint density at radius 2 is 1.88 bits per heavy atom. The first-order valence-corrected chi connectivity index (χ1v) is 11.4. The number of nitrogens with zero attached hydrogens (tertiary/aromatic N) is 2. The number of nitrogens with one attached hydrogen (secondary N) is 1. The normalized spacial score (nSPS) is 10.8. The summed E-state index contributed by atoms with van der Waals surface area (Å²) in [6.07, 6.45) is 1.65. The minimum Gasteiger partial charge on any atom is -0.489 e. The summed E-state index contributed by atoms with van der Waals surface area (Å²) < 4.78 is 21.9. The van der Waals surface area contributed by atoms with Gasteiger partial charge in [-0.2, -0.15) is 5.10 Å². The summed E-state index contributed by atoms with van der Waals surface area (Å²) in [6, 6.07) is 18.7. The third-order valence-electron chi connectivity index (χ3n) is 4.72. The lowest BCUT2D eigenvalue weighted by Crippen LogP contribution is -2.14. The summed E-state index contributed by atoms with van der Waals surface area (Å²) in [5, 5.41) is 8.00. The number of carbonyl (C=O) groups is 1. The Kier molecular flexibility index (Phi) is 7.33. The van der Waals surface area contributed by atoms with Gasteiger partial charge in [-0.25, -0.2) is 4.39 Å². The van der Waals surface area contributed by atoms with Crippen molar-refractivity contribution in [2.24, 2.45) is 0 Å². The topological polar surface area (TPSA) is 56.2 Å². The molecule has 0 aliphatic rings. The van der Waals surface area contributed by atoms with Crippen molar-refractivity contribution >= 4 is 50.9 Å². The largest absolute Gasteiger partial charge is 0.489 e. The van der Waals surface area contributed by atoms with E-state index in [0.717, 1.165) is 5.56 Å². The predicted octanol–water partition coefficient (Wildman–Crippen LogP) is 6.97. The number of hydrogen-bond donors (Lipinski definition) is 1. The van der Waals surface area contributed by atoms with Gasteiger partial charge in [0.05, 0.1) is 11.0 Å². The SMILES string of the molecule is O=C(Nc1nn(Cc2c(F)cccc2Cl)cc1Br)c1cccc(COc2cccc(Cl)c2)c1. The van der Waals surface area contributed by atoms with Gasteiger partial charge >= 0.3 is 0 Å². The number of amides is 1. The second-order valence-electron chi connectivity index (χ2n) is 7.12. The maximum atomic E-state index is 14.1. The van der Waals surface area contributed by atoms with Gasteiger partial charge in [0.1, 0.15) is 18.2 Å². The molecule has 0 saturated heterocycles. The van der Waals surface area contributed by atoms with Crippen LogP contribution in [-0.2, 0) is 13.2 Å². The molecule has 4 rings (SSSR count). The molecule has 1 amide bonds. The highest BCUT2D eigenvalue weighted by Gasteiger charge is 2.15. The Bertz CT molecular complexity index is 1290. The Labute approximate surface area is 208 Å². The van der Waals surface area contributed by atoms with E-state index < -0.39 is 5.82 Å². The van der Waals surface area contributed by atoms with Crippen LogP contribution in [0.2, 0.25) is 10.0 Å². The molecule has 1 heterocycles. The van der Waals surface area contributed by atoms with Gasteiger partial charge in [0, 0.05) is 27.4 Å². The average Bonchev–Trinajstić information content (AvgIpc) is 3.14. The van der Waals surface area contributed by atoms with Crippen LogP contribution in [0.1, 0.15) is 21.5 Å². The fraction of sp³-hybridized carbons (Fsp3) is 0.0833. The minimum atomic E-state index is -0.420. The van der Waals surface area contributed by atoms with Gasteiger partial charge in [-0.05, 0) is 64.0 Å². The quantitative estimate of drug-likeness (QED) is 0.271. The summed E-state index contributed by atoms with van der Waals surface area (Å²) in [5.41, 5.74) is 1.58. The standard InChI is InChI=1S/C24H17BrCl2FN3O2/c25-20-13-31(12-19-21(27)8-3-9-22(19)28)30-23(20)29-24(32)16-5-1-4-15(10-16)14-33-18-7-2-6-17(26)11-18/h1-11,13H,12,14H2,(H,29,30,32). The second-order valence-corrected chi connectivity index (χ2v) is 8.82. The lowest BCUT2D eigenvalue weighted by Gasteiger charge is -2.08. The van der Waals surface area contributed by atoms with Crippen LogP contribution in [0, 0.1) is 5.82 Å². The molecule has 0 saturated carbocycles. The van der Waals surface area contributed by atoms with E-state index in [-0.39, 0.29) is 19.1 Å². The molecule has 168 valence electrons. The molecule has 33 heavy (non-hydrogen) atoms. The van der Waals surface area contributed by atoms with Crippen LogP contribution in [0.3, 0.4) is 0 Å². The maximum Gasteiger partial charge on any atom is 0.256 e. The third kappa shape index (κ3) is 5.93. The molecule has 0 atom stereocenters. The lowest BCUT2D eigenvalue weighted by molar-refractivity contribution is 0.102. The van der Waals surface area contributed by atoms with Crippen LogP contribution in [0.5, 0.6) is 5.75 Å². The van der Waals surface area contributed by atoms with E-state index in [1.807, 2.05) is 12.1 Å². The minimum absolute atomic E-state index is 0.121. The molecule has 0 radical (unpaired) electrons. The number of rotatable bonds is 7. The Balaban J connectivity index is 1.43. The van der Waals surface area contributed by atoms with E-state index >= 15 is 0 Å². The van der Waals surface area contributed by atoms with Crippen molar-refractivity contribution in [1.29, 1.82) is 0 Å². The lowest BCUT2D eigenvalue weighted by atomic mass is 10.1. The summed E-state index contributed by atoms with van der Waals surface area (Å²) in [6.45, 7) is 0.402. The van der Waals surface area contributed by atoms with E-state index in [1.54, 1.807) is 54.7 Å². The summed E-state index contributed by atoms with van der Waals surface area (Å²) in [5.74, 6) is 0.195.